The van der Waals surface area contributed by atoms with Crippen molar-refractivity contribution in [1.82, 2.24) is 9.55 Å². The highest BCUT2D eigenvalue weighted by molar-refractivity contribution is 7.92. The second-order valence-electron chi connectivity index (χ2n) is 8.12. The Hall–Kier alpha value is -3.90. The molecule has 0 saturated carbocycles. The number of rotatable bonds is 9. The first-order valence-electron chi connectivity index (χ1n) is 11.0. The van der Waals surface area contributed by atoms with Gasteiger partial charge in [-0.2, -0.15) is 0 Å². The molecule has 0 unspecified atom stereocenters. The number of nitrogens with one attached hydrogen (secondary N) is 3. The minimum Gasteiger partial charge on any atom is -0.310 e. The van der Waals surface area contributed by atoms with E-state index in [1.54, 1.807) is 54.6 Å². The fourth-order valence-electron chi connectivity index (χ4n) is 3.66. The van der Waals surface area contributed by atoms with Gasteiger partial charge in [0.2, 0.25) is 16.0 Å². The van der Waals surface area contributed by atoms with Gasteiger partial charge in [0, 0.05) is 17.8 Å². The number of hydrogen-bond donors (Lipinski definition) is 3. The number of aromatic nitrogens is 2. The molecule has 0 bridgehead atoms. The molecule has 0 aliphatic heterocycles. The molecule has 0 spiro atoms. The second kappa shape index (κ2) is 9.99. The maximum atomic E-state index is 13.1. The van der Waals surface area contributed by atoms with E-state index in [2.05, 4.69) is 19.7 Å². The molecule has 3 aromatic carbocycles. The Balaban J connectivity index is 1.60. The summed E-state index contributed by atoms with van der Waals surface area (Å²) in [7, 11) is -7.26. The predicted molar refractivity (Wildman–Crippen MR) is 140 cm³/mol. The average molecular weight is 528 g/mol. The maximum absolute atomic E-state index is 13.1. The number of benzene rings is 3. The Morgan fingerprint density at radius 2 is 1.61 bits per heavy atom. The summed E-state index contributed by atoms with van der Waals surface area (Å²) < 4.78 is 55.2. The van der Waals surface area contributed by atoms with Crippen LogP contribution in [-0.4, -0.2) is 38.5 Å². The lowest BCUT2D eigenvalue weighted by Gasteiger charge is -2.11. The zero-order chi connectivity index (χ0) is 25.9. The Kier molecular flexibility index (Phi) is 7.00. The van der Waals surface area contributed by atoms with Gasteiger partial charge in [0.15, 0.2) is 0 Å². The third-order valence-corrected chi connectivity index (χ3v) is 7.16. The third-order valence-electron chi connectivity index (χ3n) is 5.15. The Morgan fingerprint density at radius 1 is 0.889 bits per heavy atom. The molecule has 0 saturated heterocycles. The summed E-state index contributed by atoms with van der Waals surface area (Å²) in [5, 5.41) is 2.79. The molecule has 0 atom stereocenters. The van der Waals surface area contributed by atoms with Crippen molar-refractivity contribution in [2.75, 3.05) is 21.0 Å². The molecule has 0 aliphatic rings. The number of anilines is 3. The van der Waals surface area contributed by atoms with E-state index in [4.69, 9.17) is 0 Å². The average Bonchev–Trinajstić information content (AvgIpc) is 3.14. The molecule has 0 fully saturated rings. The van der Waals surface area contributed by atoms with E-state index in [-0.39, 0.29) is 16.1 Å². The first kappa shape index (κ1) is 25.2. The van der Waals surface area contributed by atoms with Crippen molar-refractivity contribution in [2.24, 2.45) is 0 Å². The fourth-order valence-corrected chi connectivity index (χ4v) is 5.29. The van der Waals surface area contributed by atoms with E-state index < -0.39 is 26.0 Å². The smallest absolute Gasteiger partial charge is 0.261 e. The molecule has 10 nitrogen and oxygen atoms in total. The van der Waals surface area contributed by atoms with Crippen LogP contribution in [0.1, 0.15) is 23.7 Å². The second-order valence-corrected chi connectivity index (χ2v) is 11.5. The quantitative estimate of drug-likeness (QED) is 0.302. The largest absolute Gasteiger partial charge is 0.310 e. The number of hydrogen-bond acceptors (Lipinski definition) is 6. The summed E-state index contributed by atoms with van der Waals surface area (Å²) in [6.45, 7) is 2.56. The molecule has 3 N–H and O–H groups in total. The Morgan fingerprint density at radius 3 is 2.31 bits per heavy atom. The lowest BCUT2D eigenvalue weighted by Crippen LogP contribution is -2.17. The number of imidazole rings is 1. The van der Waals surface area contributed by atoms with Gasteiger partial charge in [-0.25, -0.2) is 21.8 Å². The van der Waals surface area contributed by atoms with E-state index in [0.717, 1.165) is 18.2 Å². The van der Waals surface area contributed by atoms with Crippen molar-refractivity contribution in [3.05, 3.63) is 78.4 Å². The molecule has 1 amide bonds. The highest BCUT2D eigenvalue weighted by Gasteiger charge is 2.17. The van der Waals surface area contributed by atoms with Gasteiger partial charge in [-0.3, -0.25) is 19.6 Å². The monoisotopic (exact) mass is 527 g/mol. The normalized spacial score (nSPS) is 11.8. The van der Waals surface area contributed by atoms with Gasteiger partial charge in [-0.15, -0.1) is 0 Å². The molecule has 1 aromatic heterocycles. The van der Waals surface area contributed by atoms with Gasteiger partial charge >= 0.3 is 0 Å². The topological polar surface area (TPSA) is 139 Å². The molecule has 4 rings (SSSR count). The van der Waals surface area contributed by atoms with Crippen LogP contribution in [0.2, 0.25) is 0 Å². The fraction of sp³-hybridized carbons (Fsp3) is 0.167. The first-order chi connectivity index (χ1) is 17.1. The van der Waals surface area contributed by atoms with E-state index >= 15 is 0 Å². The highest BCUT2D eigenvalue weighted by atomic mass is 32.2. The van der Waals surface area contributed by atoms with Crippen molar-refractivity contribution in [2.45, 2.75) is 24.8 Å². The van der Waals surface area contributed by atoms with E-state index in [1.807, 2.05) is 11.5 Å². The minimum absolute atomic E-state index is 0.109. The molecule has 36 heavy (non-hydrogen) atoms. The molecular formula is C24H25N5O5S2. The van der Waals surface area contributed by atoms with Crippen molar-refractivity contribution >= 4 is 54.3 Å². The van der Waals surface area contributed by atoms with Gasteiger partial charge in [-0.1, -0.05) is 31.2 Å². The number of fused-ring (bicyclic) bond motifs is 1. The lowest BCUT2D eigenvalue weighted by atomic mass is 10.2. The summed E-state index contributed by atoms with van der Waals surface area (Å²) >= 11 is 0. The molecule has 4 aromatic rings. The van der Waals surface area contributed by atoms with Crippen LogP contribution in [0.25, 0.3) is 11.0 Å². The van der Waals surface area contributed by atoms with Crippen LogP contribution >= 0.6 is 0 Å². The van der Waals surface area contributed by atoms with E-state index in [0.29, 0.717) is 23.7 Å². The zero-order valence-electron chi connectivity index (χ0n) is 19.6. The SMILES string of the molecule is CCCn1c(NC(=O)c2cccc(NS(=O)(=O)c3ccccc3)c2)nc2cc(NS(C)(=O)=O)ccc21. The standard InChI is InChI=1S/C24H25N5O5S2/c1-3-14-29-22-13-12-19(27-35(2,31)32)16-21(22)25-24(29)26-23(30)17-8-7-9-18(15-17)28-36(33,34)20-10-5-4-6-11-20/h4-13,15-16,27-28H,3,14H2,1-2H3,(H,25,26,30). The highest BCUT2D eigenvalue weighted by Crippen LogP contribution is 2.25. The summed E-state index contributed by atoms with van der Waals surface area (Å²) in [6.07, 6.45) is 1.83. The van der Waals surface area contributed by atoms with Crippen LogP contribution in [0.4, 0.5) is 17.3 Å². The molecular weight excluding hydrogens is 502 g/mol. The Bertz CT molecular complexity index is 1630. The van der Waals surface area contributed by atoms with Crippen molar-refractivity contribution in [3.8, 4) is 0 Å². The summed E-state index contributed by atoms with van der Waals surface area (Å²) in [4.78, 5) is 17.7. The van der Waals surface area contributed by atoms with Gasteiger partial charge in [-0.05, 0) is 55.0 Å². The molecule has 12 heteroatoms. The van der Waals surface area contributed by atoms with Gasteiger partial charge in [0.05, 0.1) is 27.9 Å². The molecule has 188 valence electrons. The summed E-state index contributed by atoms with van der Waals surface area (Å²) in [6, 6.07) is 19.0. The number of aryl methyl sites for hydroxylation is 1. The number of sulfonamides is 2. The number of carbonyl (C=O) groups excluding carboxylic acids is 1. The lowest BCUT2D eigenvalue weighted by molar-refractivity contribution is 0.102. The van der Waals surface area contributed by atoms with E-state index in [9.17, 15) is 21.6 Å². The van der Waals surface area contributed by atoms with Crippen LogP contribution in [0, 0.1) is 0 Å². The van der Waals surface area contributed by atoms with Crippen LogP contribution in [0.15, 0.2) is 77.7 Å². The summed E-state index contributed by atoms with van der Waals surface area (Å²) in [5.74, 6) is -0.179. The summed E-state index contributed by atoms with van der Waals surface area (Å²) in [5.41, 5.74) is 2.08. The number of amides is 1. The molecule has 0 aliphatic carbocycles. The van der Waals surface area contributed by atoms with Gasteiger partial charge in [0.25, 0.3) is 15.9 Å². The van der Waals surface area contributed by atoms with E-state index in [1.165, 1.54) is 18.2 Å². The van der Waals surface area contributed by atoms with Crippen LogP contribution in [0.3, 0.4) is 0 Å². The zero-order valence-corrected chi connectivity index (χ0v) is 21.2. The van der Waals surface area contributed by atoms with Crippen LogP contribution in [0.5, 0.6) is 0 Å². The van der Waals surface area contributed by atoms with Crippen molar-refractivity contribution in [3.63, 3.8) is 0 Å². The van der Waals surface area contributed by atoms with Gasteiger partial charge < -0.3 is 4.57 Å². The molecule has 1 heterocycles. The van der Waals surface area contributed by atoms with Gasteiger partial charge in [0.1, 0.15) is 0 Å². The van der Waals surface area contributed by atoms with Crippen LogP contribution in [-0.2, 0) is 26.6 Å². The first-order valence-corrected chi connectivity index (χ1v) is 14.4. The van der Waals surface area contributed by atoms with Crippen LogP contribution < -0.4 is 14.8 Å². The number of carbonyl (C=O) groups is 1. The predicted octanol–water partition coefficient (Wildman–Crippen LogP) is 3.87. The molecule has 0 radical (unpaired) electrons. The third kappa shape index (κ3) is 5.83. The van der Waals surface area contributed by atoms with Crippen molar-refractivity contribution < 1.29 is 21.6 Å². The Labute approximate surface area is 209 Å². The number of nitrogens with zero attached hydrogens (tertiary/aromatic N) is 2. The van der Waals surface area contributed by atoms with Crippen molar-refractivity contribution in [1.29, 1.82) is 0 Å². The minimum atomic E-state index is -3.81. The maximum Gasteiger partial charge on any atom is 0.261 e.